The van der Waals surface area contributed by atoms with Crippen molar-refractivity contribution in [3.63, 3.8) is 0 Å². The van der Waals surface area contributed by atoms with E-state index in [1.807, 2.05) is 0 Å². The van der Waals surface area contributed by atoms with Crippen molar-refractivity contribution in [3.8, 4) is 0 Å². The van der Waals surface area contributed by atoms with Crippen LogP contribution in [0.2, 0.25) is 0 Å². The minimum atomic E-state index is 0.109. The molecule has 0 heterocycles. The standard InChI is InChI=1S/C18H24O/c1-10-6-14-15(7-11(10)2)18(5)9-13(4)12(3)8-16(18)17(14)19/h16H,6-9H2,1-5H3. The van der Waals surface area contributed by atoms with E-state index >= 15 is 0 Å². The minimum absolute atomic E-state index is 0.109. The lowest BCUT2D eigenvalue weighted by molar-refractivity contribution is -0.120. The first-order valence-electron chi connectivity index (χ1n) is 7.41. The van der Waals surface area contributed by atoms with E-state index in [0.717, 1.165) is 31.3 Å². The predicted molar refractivity (Wildman–Crippen MR) is 78.8 cm³/mol. The van der Waals surface area contributed by atoms with Crippen molar-refractivity contribution in [2.24, 2.45) is 11.3 Å². The van der Waals surface area contributed by atoms with Crippen LogP contribution in [0.5, 0.6) is 0 Å². The Bertz CT molecular complexity index is 570. The predicted octanol–water partition coefficient (Wildman–Crippen LogP) is 4.75. The second-order valence-electron chi connectivity index (χ2n) is 7.15. The summed E-state index contributed by atoms with van der Waals surface area (Å²) >= 11 is 0. The van der Waals surface area contributed by atoms with E-state index in [1.54, 1.807) is 0 Å². The van der Waals surface area contributed by atoms with Crippen molar-refractivity contribution < 1.29 is 4.79 Å². The summed E-state index contributed by atoms with van der Waals surface area (Å²) in [5.41, 5.74) is 8.59. The number of hydrogen-bond donors (Lipinski definition) is 0. The van der Waals surface area contributed by atoms with Crippen LogP contribution in [0.4, 0.5) is 0 Å². The van der Waals surface area contributed by atoms with Crippen molar-refractivity contribution in [1.29, 1.82) is 0 Å². The van der Waals surface area contributed by atoms with E-state index in [1.165, 1.54) is 27.9 Å². The summed E-state index contributed by atoms with van der Waals surface area (Å²) < 4.78 is 0. The smallest absolute Gasteiger partial charge is 0.163 e. The summed E-state index contributed by atoms with van der Waals surface area (Å²) in [4.78, 5) is 12.8. The van der Waals surface area contributed by atoms with Gasteiger partial charge < -0.3 is 0 Å². The van der Waals surface area contributed by atoms with Gasteiger partial charge in [-0.25, -0.2) is 0 Å². The summed E-state index contributed by atoms with van der Waals surface area (Å²) in [5, 5.41) is 0. The maximum absolute atomic E-state index is 12.8. The third-order valence-electron chi connectivity index (χ3n) is 5.92. The summed E-state index contributed by atoms with van der Waals surface area (Å²) in [6.07, 6.45) is 4.00. The van der Waals surface area contributed by atoms with Gasteiger partial charge in [-0.05, 0) is 59.0 Å². The quantitative estimate of drug-likeness (QED) is 0.572. The fraction of sp³-hybridized carbons (Fsp3) is 0.611. The average molecular weight is 256 g/mol. The summed E-state index contributed by atoms with van der Waals surface area (Å²) in [6, 6.07) is 0. The fourth-order valence-electron chi connectivity index (χ4n) is 4.27. The first-order valence-corrected chi connectivity index (χ1v) is 7.41. The molecule has 1 heteroatoms. The fourth-order valence-corrected chi connectivity index (χ4v) is 4.27. The molecule has 3 aliphatic rings. The monoisotopic (exact) mass is 256 g/mol. The van der Waals surface area contributed by atoms with Gasteiger partial charge >= 0.3 is 0 Å². The molecule has 0 aromatic rings. The number of carbonyl (C=O) groups is 1. The summed E-state index contributed by atoms with van der Waals surface area (Å²) in [6.45, 7) is 11.2. The first-order chi connectivity index (χ1) is 8.84. The number of Topliss-reactive ketones (excluding diaryl/α,β-unsaturated/α-hetero) is 1. The van der Waals surface area contributed by atoms with Crippen molar-refractivity contribution in [2.75, 3.05) is 0 Å². The zero-order valence-corrected chi connectivity index (χ0v) is 12.8. The molecular formula is C18H24O. The molecule has 1 nitrogen and oxygen atoms in total. The van der Waals surface area contributed by atoms with E-state index in [0.29, 0.717) is 5.78 Å². The van der Waals surface area contributed by atoms with Gasteiger partial charge in [-0.3, -0.25) is 4.79 Å². The number of allylic oxidation sites excluding steroid dienone is 6. The highest BCUT2D eigenvalue weighted by atomic mass is 16.1. The molecule has 0 aromatic heterocycles. The molecule has 19 heavy (non-hydrogen) atoms. The number of fused-ring (bicyclic) bond motifs is 2. The van der Waals surface area contributed by atoms with Gasteiger partial charge in [0.1, 0.15) is 0 Å². The maximum atomic E-state index is 12.8. The van der Waals surface area contributed by atoms with Crippen LogP contribution >= 0.6 is 0 Å². The molecule has 0 fully saturated rings. The number of hydrogen-bond acceptors (Lipinski definition) is 1. The van der Waals surface area contributed by atoms with Gasteiger partial charge in [0.25, 0.3) is 0 Å². The van der Waals surface area contributed by atoms with Crippen LogP contribution in [0, 0.1) is 11.3 Å². The van der Waals surface area contributed by atoms with E-state index in [9.17, 15) is 4.79 Å². The molecule has 0 aliphatic heterocycles. The zero-order chi connectivity index (χ0) is 13.9. The van der Waals surface area contributed by atoms with Crippen LogP contribution in [0.1, 0.15) is 60.3 Å². The van der Waals surface area contributed by atoms with Crippen molar-refractivity contribution in [2.45, 2.75) is 60.3 Å². The molecule has 3 aliphatic carbocycles. The number of rotatable bonds is 0. The van der Waals surface area contributed by atoms with Gasteiger partial charge in [0.15, 0.2) is 5.78 Å². The summed E-state index contributed by atoms with van der Waals surface area (Å²) in [7, 11) is 0. The molecule has 0 N–H and O–H groups in total. The normalized spacial score (nSPS) is 35.0. The van der Waals surface area contributed by atoms with Gasteiger partial charge in [0.2, 0.25) is 0 Å². The Morgan fingerprint density at radius 1 is 0.947 bits per heavy atom. The molecular weight excluding hydrogens is 232 g/mol. The van der Waals surface area contributed by atoms with E-state index in [2.05, 4.69) is 34.6 Å². The lowest BCUT2D eigenvalue weighted by Crippen LogP contribution is -2.33. The Kier molecular flexibility index (Phi) is 2.68. The minimum Gasteiger partial charge on any atom is -0.294 e. The highest BCUT2D eigenvalue weighted by Crippen LogP contribution is 2.58. The molecule has 2 atom stereocenters. The van der Waals surface area contributed by atoms with E-state index in [4.69, 9.17) is 0 Å². The Hall–Kier alpha value is -1.11. The molecule has 0 bridgehead atoms. The van der Waals surface area contributed by atoms with Crippen LogP contribution < -0.4 is 0 Å². The lowest BCUT2D eigenvalue weighted by atomic mass is 9.64. The van der Waals surface area contributed by atoms with E-state index < -0.39 is 0 Å². The van der Waals surface area contributed by atoms with Crippen LogP contribution in [-0.4, -0.2) is 5.78 Å². The molecule has 2 unspecified atom stereocenters. The SMILES string of the molecule is CC1=C(C)CC2=C(C1)C(=O)C1CC(C)=C(C)CC21C. The third kappa shape index (κ3) is 1.63. The second-order valence-corrected chi connectivity index (χ2v) is 7.15. The second kappa shape index (κ2) is 3.94. The largest absolute Gasteiger partial charge is 0.294 e. The molecule has 0 saturated heterocycles. The molecule has 102 valence electrons. The Morgan fingerprint density at radius 3 is 2.26 bits per heavy atom. The Balaban J connectivity index is 2.07. The van der Waals surface area contributed by atoms with Gasteiger partial charge in [0, 0.05) is 11.3 Å². The average Bonchev–Trinajstić information content (AvgIpc) is 2.53. The topological polar surface area (TPSA) is 17.1 Å². The molecule has 3 rings (SSSR count). The van der Waals surface area contributed by atoms with Crippen molar-refractivity contribution >= 4 is 5.78 Å². The zero-order valence-electron chi connectivity index (χ0n) is 12.8. The molecule has 0 amide bonds. The van der Waals surface area contributed by atoms with Gasteiger partial charge in [-0.1, -0.05) is 34.8 Å². The molecule has 0 radical (unpaired) electrons. The maximum Gasteiger partial charge on any atom is 0.163 e. The highest BCUT2D eigenvalue weighted by molar-refractivity contribution is 6.03. The lowest BCUT2D eigenvalue weighted by Gasteiger charge is -2.39. The van der Waals surface area contributed by atoms with Crippen LogP contribution in [0.25, 0.3) is 0 Å². The number of ketones is 1. The molecule has 0 spiro atoms. The summed E-state index contributed by atoms with van der Waals surface area (Å²) in [5.74, 6) is 0.677. The third-order valence-corrected chi connectivity index (χ3v) is 5.92. The highest BCUT2D eigenvalue weighted by Gasteiger charge is 2.52. The molecule has 0 saturated carbocycles. The van der Waals surface area contributed by atoms with Crippen molar-refractivity contribution in [3.05, 3.63) is 33.4 Å². The van der Waals surface area contributed by atoms with E-state index in [-0.39, 0.29) is 11.3 Å². The van der Waals surface area contributed by atoms with Gasteiger partial charge in [-0.15, -0.1) is 0 Å². The Morgan fingerprint density at radius 2 is 1.58 bits per heavy atom. The van der Waals surface area contributed by atoms with Crippen LogP contribution in [0.15, 0.2) is 33.4 Å². The van der Waals surface area contributed by atoms with Gasteiger partial charge in [-0.2, -0.15) is 0 Å². The van der Waals surface area contributed by atoms with Crippen LogP contribution in [-0.2, 0) is 4.79 Å². The molecule has 0 aromatic carbocycles. The Labute approximate surface area is 116 Å². The van der Waals surface area contributed by atoms with Crippen molar-refractivity contribution in [1.82, 2.24) is 0 Å². The van der Waals surface area contributed by atoms with Crippen LogP contribution in [0.3, 0.4) is 0 Å². The van der Waals surface area contributed by atoms with Gasteiger partial charge in [0.05, 0.1) is 0 Å². The number of carbonyl (C=O) groups excluding carboxylic acids is 1. The first kappa shape index (κ1) is 12.9.